The van der Waals surface area contributed by atoms with Gasteiger partial charge in [-0.2, -0.15) is 4.98 Å². The predicted octanol–water partition coefficient (Wildman–Crippen LogP) is 3.06. The summed E-state index contributed by atoms with van der Waals surface area (Å²) in [7, 11) is 0. The van der Waals surface area contributed by atoms with Crippen molar-refractivity contribution >= 4 is 23.0 Å². The van der Waals surface area contributed by atoms with Crippen LogP contribution in [-0.4, -0.2) is 42.0 Å². The van der Waals surface area contributed by atoms with Crippen molar-refractivity contribution < 1.29 is 9.21 Å². The van der Waals surface area contributed by atoms with Gasteiger partial charge in [-0.15, -0.1) is 0 Å². The van der Waals surface area contributed by atoms with Crippen molar-refractivity contribution in [3.05, 3.63) is 24.3 Å². The van der Waals surface area contributed by atoms with E-state index in [2.05, 4.69) is 16.8 Å². The van der Waals surface area contributed by atoms with E-state index in [4.69, 9.17) is 4.42 Å². The summed E-state index contributed by atoms with van der Waals surface area (Å²) in [5, 5.41) is 0. The van der Waals surface area contributed by atoms with E-state index in [9.17, 15) is 4.79 Å². The number of carbonyl (C=O) groups excluding carboxylic acids is 1. The van der Waals surface area contributed by atoms with Gasteiger partial charge in [-0.1, -0.05) is 25.5 Å². The Bertz CT molecular complexity index is 673. The molecule has 0 unspecified atom stereocenters. The molecule has 2 heterocycles. The van der Waals surface area contributed by atoms with Gasteiger partial charge in [0.1, 0.15) is 5.52 Å². The molecule has 2 aromatic rings. The normalized spacial score (nSPS) is 20.6. The van der Waals surface area contributed by atoms with Crippen LogP contribution in [0.1, 0.15) is 32.6 Å². The van der Waals surface area contributed by atoms with E-state index in [0.717, 1.165) is 56.5 Å². The van der Waals surface area contributed by atoms with Gasteiger partial charge in [0, 0.05) is 31.6 Å². The number of hydrogen-bond donors (Lipinski definition) is 0. The third-order valence-corrected chi connectivity index (χ3v) is 5.56. The summed E-state index contributed by atoms with van der Waals surface area (Å²) in [4.78, 5) is 21.5. The van der Waals surface area contributed by atoms with Crippen molar-refractivity contribution in [3.63, 3.8) is 0 Å². The maximum Gasteiger partial charge on any atom is 0.298 e. The maximum absolute atomic E-state index is 12.8. The number of hydrogen-bond acceptors (Lipinski definition) is 4. The fourth-order valence-electron chi connectivity index (χ4n) is 3.75. The zero-order valence-corrected chi connectivity index (χ0v) is 13.6. The van der Waals surface area contributed by atoms with E-state index < -0.39 is 0 Å². The largest absolute Gasteiger partial charge is 0.423 e. The molecule has 4 rings (SSSR count). The minimum Gasteiger partial charge on any atom is -0.423 e. The summed E-state index contributed by atoms with van der Waals surface area (Å²) < 4.78 is 5.84. The lowest BCUT2D eigenvalue weighted by Gasteiger charge is -2.45. The van der Waals surface area contributed by atoms with E-state index >= 15 is 0 Å². The number of aromatic nitrogens is 1. The zero-order chi connectivity index (χ0) is 15.9. The number of piperazine rings is 1. The molecule has 0 spiro atoms. The van der Waals surface area contributed by atoms with Crippen LogP contribution in [-0.2, 0) is 4.79 Å². The van der Waals surface area contributed by atoms with Gasteiger partial charge in [-0.05, 0) is 31.4 Å². The molecule has 5 nitrogen and oxygen atoms in total. The van der Waals surface area contributed by atoms with Crippen molar-refractivity contribution in [1.29, 1.82) is 0 Å². The molecule has 0 atom stereocenters. The van der Waals surface area contributed by atoms with Gasteiger partial charge in [0.25, 0.3) is 6.01 Å². The summed E-state index contributed by atoms with van der Waals surface area (Å²) in [6.45, 7) is 5.25. The van der Waals surface area contributed by atoms with Crippen molar-refractivity contribution in [2.45, 2.75) is 32.6 Å². The third kappa shape index (κ3) is 2.38. The number of para-hydroxylation sites is 2. The first-order chi connectivity index (χ1) is 11.2. The fraction of sp³-hybridized carbons (Fsp3) is 0.556. The monoisotopic (exact) mass is 313 g/mol. The standard InChI is InChI=1S/C18H23N3O2/c1-2-18(8-5-9-18)16(22)20-10-12-21(13-11-20)17-19-14-6-3-4-7-15(14)23-17/h3-4,6-7H,2,5,8-13H2,1H3. The molecule has 23 heavy (non-hydrogen) atoms. The Morgan fingerprint density at radius 1 is 1.22 bits per heavy atom. The topological polar surface area (TPSA) is 49.6 Å². The molecule has 1 aromatic carbocycles. The van der Waals surface area contributed by atoms with Gasteiger partial charge in [0.05, 0.1) is 0 Å². The van der Waals surface area contributed by atoms with Crippen molar-refractivity contribution in [1.82, 2.24) is 9.88 Å². The van der Waals surface area contributed by atoms with Crippen LogP contribution < -0.4 is 4.90 Å². The summed E-state index contributed by atoms with van der Waals surface area (Å²) in [6, 6.07) is 8.49. The summed E-state index contributed by atoms with van der Waals surface area (Å²) in [6.07, 6.45) is 4.29. The molecule has 1 saturated carbocycles. The lowest BCUT2D eigenvalue weighted by atomic mass is 9.66. The second kappa shape index (κ2) is 5.55. The van der Waals surface area contributed by atoms with E-state index in [-0.39, 0.29) is 5.41 Å². The van der Waals surface area contributed by atoms with Crippen LogP contribution in [0.5, 0.6) is 0 Å². The van der Waals surface area contributed by atoms with Gasteiger partial charge in [-0.3, -0.25) is 4.79 Å². The summed E-state index contributed by atoms with van der Waals surface area (Å²) >= 11 is 0. The Morgan fingerprint density at radius 2 is 1.96 bits per heavy atom. The second-order valence-corrected chi connectivity index (χ2v) is 6.73. The van der Waals surface area contributed by atoms with E-state index in [0.29, 0.717) is 11.9 Å². The number of fused-ring (bicyclic) bond motifs is 1. The maximum atomic E-state index is 12.8. The van der Waals surface area contributed by atoms with E-state index in [1.54, 1.807) is 0 Å². The average molecular weight is 313 g/mol. The molecule has 5 heteroatoms. The van der Waals surface area contributed by atoms with Crippen molar-refractivity contribution in [2.75, 3.05) is 31.1 Å². The number of amides is 1. The molecule has 1 aliphatic heterocycles. The molecule has 0 N–H and O–H groups in total. The number of rotatable bonds is 3. The highest BCUT2D eigenvalue weighted by Gasteiger charge is 2.45. The molecule has 1 aliphatic carbocycles. The number of nitrogens with zero attached hydrogens (tertiary/aromatic N) is 3. The average Bonchev–Trinajstić information content (AvgIpc) is 2.98. The second-order valence-electron chi connectivity index (χ2n) is 6.73. The highest BCUT2D eigenvalue weighted by molar-refractivity contribution is 5.84. The van der Waals surface area contributed by atoms with Crippen molar-refractivity contribution in [2.24, 2.45) is 5.41 Å². The zero-order valence-electron chi connectivity index (χ0n) is 13.6. The highest BCUT2D eigenvalue weighted by Crippen LogP contribution is 2.45. The van der Waals surface area contributed by atoms with E-state index in [1.165, 1.54) is 6.42 Å². The number of oxazole rings is 1. The van der Waals surface area contributed by atoms with Crippen LogP contribution in [0.4, 0.5) is 6.01 Å². The molecular weight excluding hydrogens is 290 g/mol. The molecule has 0 radical (unpaired) electrons. The molecule has 1 saturated heterocycles. The Balaban J connectivity index is 1.43. The third-order valence-electron chi connectivity index (χ3n) is 5.56. The first kappa shape index (κ1) is 14.5. The van der Waals surface area contributed by atoms with Crippen LogP contribution in [0.25, 0.3) is 11.1 Å². The Morgan fingerprint density at radius 3 is 2.57 bits per heavy atom. The Hall–Kier alpha value is -2.04. The number of carbonyl (C=O) groups is 1. The van der Waals surface area contributed by atoms with Gasteiger partial charge in [0.15, 0.2) is 5.58 Å². The van der Waals surface area contributed by atoms with Crippen LogP contribution in [0.3, 0.4) is 0 Å². The van der Waals surface area contributed by atoms with Crippen LogP contribution >= 0.6 is 0 Å². The lowest BCUT2D eigenvalue weighted by molar-refractivity contribution is -0.148. The van der Waals surface area contributed by atoms with Gasteiger partial charge in [0.2, 0.25) is 5.91 Å². The molecule has 2 fully saturated rings. The van der Waals surface area contributed by atoms with E-state index in [1.807, 2.05) is 29.2 Å². The fourth-order valence-corrected chi connectivity index (χ4v) is 3.75. The lowest BCUT2D eigenvalue weighted by Crippen LogP contribution is -2.55. The number of anilines is 1. The van der Waals surface area contributed by atoms with Crippen molar-refractivity contribution in [3.8, 4) is 0 Å². The summed E-state index contributed by atoms with van der Waals surface area (Å²) in [5.41, 5.74) is 1.65. The smallest absolute Gasteiger partial charge is 0.298 e. The quantitative estimate of drug-likeness (QED) is 0.874. The Kier molecular flexibility index (Phi) is 3.51. The summed E-state index contributed by atoms with van der Waals surface area (Å²) in [5.74, 6) is 0.364. The molecule has 1 amide bonds. The molecular formula is C18H23N3O2. The molecule has 1 aromatic heterocycles. The Labute approximate surface area is 136 Å². The molecule has 122 valence electrons. The van der Waals surface area contributed by atoms with Crippen LogP contribution in [0.2, 0.25) is 0 Å². The first-order valence-electron chi connectivity index (χ1n) is 8.62. The van der Waals surface area contributed by atoms with Crippen LogP contribution in [0, 0.1) is 5.41 Å². The highest BCUT2D eigenvalue weighted by atomic mass is 16.4. The SMILES string of the molecule is CCC1(C(=O)N2CCN(c3nc4ccccc4o3)CC2)CCC1. The predicted molar refractivity (Wildman–Crippen MR) is 89.4 cm³/mol. The van der Waals surface area contributed by atoms with Gasteiger partial charge < -0.3 is 14.2 Å². The minimum atomic E-state index is -0.0558. The minimum absolute atomic E-state index is 0.0558. The molecule has 0 bridgehead atoms. The van der Waals surface area contributed by atoms with Gasteiger partial charge in [-0.25, -0.2) is 0 Å². The number of benzene rings is 1. The first-order valence-corrected chi connectivity index (χ1v) is 8.62. The molecule has 2 aliphatic rings. The van der Waals surface area contributed by atoms with Crippen LogP contribution in [0.15, 0.2) is 28.7 Å². The van der Waals surface area contributed by atoms with Gasteiger partial charge >= 0.3 is 0 Å².